The van der Waals surface area contributed by atoms with Gasteiger partial charge in [0.2, 0.25) is 0 Å². The van der Waals surface area contributed by atoms with Crippen LogP contribution in [0, 0.1) is 5.82 Å². The molecule has 0 aliphatic carbocycles. The first-order chi connectivity index (χ1) is 13.0. The lowest BCUT2D eigenvalue weighted by Crippen LogP contribution is -2.32. The van der Waals surface area contributed by atoms with Gasteiger partial charge in [-0.1, -0.05) is 31.2 Å². The summed E-state index contributed by atoms with van der Waals surface area (Å²) in [5, 5.41) is 20.0. The molecule has 2 aromatic carbocycles. The van der Waals surface area contributed by atoms with Gasteiger partial charge in [-0.3, -0.25) is 9.59 Å². The maximum absolute atomic E-state index is 13.2. The monoisotopic (exact) mass is 369 g/mol. The van der Waals surface area contributed by atoms with Crippen molar-refractivity contribution in [2.24, 2.45) is 0 Å². The summed E-state index contributed by atoms with van der Waals surface area (Å²) in [6.45, 7) is 1.67. The molecule has 1 unspecified atom stereocenters. The van der Waals surface area contributed by atoms with E-state index in [0.717, 1.165) is 12.0 Å². The van der Waals surface area contributed by atoms with E-state index in [9.17, 15) is 24.2 Å². The van der Waals surface area contributed by atoms with Crippen molar-refractivity contribution in [1.82, 2.24) is 4.90 Å². The highest BCUT2D eigenvalue weighted by atomic mass is 19.1. The number of aryl methyl sites for hydroxylation is 1. The Hall–Kier alpha value is -2.99. The molecular formula is C21H20FNO4. The molecule has 1 amide bonds. The largest absolute Gasteiger partial charge is 0.507 e. The van der Waals surface area contributed by atoms with Crippen molar-refractivity contribution in [2.45, 2.75) is 19.4 Å². The van der Waals surface area contributed by atoms with Crippen LogP contribution in [0.25, 0.3) is 5.76 Å². The minimum absolute atomic E-state index is 0.0367. The van der Waals surface area contributed by atoms with Crippen molar-refractivity contribution >= 4 is 17.4 Å². The van der Waals surface area contributed by atoms with Gasteiger partial charge in [-0.15, -0.1) is 0 Å². The smallest absolute Gasteiger partial charge is 0.295 e. The molecule has 1 aliphatic rings. The molecule has 2 aromatic rings. The molecule has 1 aliphatic heterocycles. The number of carbonyl (C=O) groups excluding carboxylic acids is 2. The predicted octanol–water partition coefficient (Wildman–Crippen LogP) is 2.80. The lowest BCUT2D eigenvalue weighted by Gasteiger charge is -2.24. The number of hydrogen-bond donors (Lipinski definition) is 2. The number of rotatable bonds is 5. The molecule has 27 heavy (non-hydrogen) atoms. The maximum Gasteiger partial charge on any atom is 0.295 e. The van der Waals surface area contributed by atoms with Crippen LogP contribution in [0.1, 0.15) is 29.7 Å². The second kappa shape index (κ2) is 7.72. The number of benzene rings is 2. The second-order valence-electron chi connectivity index (χ2n) is 6.32. The number of ketones is 1. The number of likely N-dealkylation sites (tertiary alicyclic amines) is 1. The van der Waals surface area contributed by atoms with E-state index in [-0.39, 0.29) is 30.0 Å². The van der Waals surface area contributed by atoms with Gasteiger partial charge < -0.3 is 15.1 Å². The number of carbonyl (C=O) groups is 2. The fourth-order valence-corrected chi connectivity index (χ4v) is 3.26. The summed E-state index contributed by atoms with van der Waals surface area (Å²) in [7, 11) is 0. The summed E-state index contributed by atoms with van der Waals surface area (Å²) in [4.78, 5) is 26.3. The highest BCUT2D eigenvalue weighted by Gasteiger charge is 2.45. The van der Waals surface area contributed by atoms with Crippen molar-refractivity contribution in [2.75, 3.05) is 13.2 Å². The third kappa shape index (κ3) is 3.48. The van der Waals surface area contributed by atoms with Crippen LogP contribution in [0.15, 0.2) is 54.1 Å². The van der Waals surface area contributed by atoms with Crippen LogP contribution in [-0.2, 0) is 16.0 Å². The Bertz CT molecular complexity index is 887. The molecule has 1 atom stereocenters. The summed E-state index contributed by atoms with van der Waals surface area (Å²) in [6, 6.07) is 11.6. The van der Waals surface area contributed by atoms with E-state index in [0.29, 0.717) is 5.56 Å². The molecule has 0 spiro atoms. The Morgan fingerprint density at radius 2 is 1.70 bits per heavy atom. The zero-order valence-electron chi connectivity index (χ0n) is 14.9. The molecule has 5 nitrogen and oxygen atoms in total. The molecule has 2 N–H and O–H groups in total. The van der Waals surface area contributed by atoms with E-state index in [1.807, 2.05) is 19.1 Å². The zero-order valence-corrected chi connectivity index (χ0v) is 14.9. The molecule has 1 heterocycles. The fraction of sp³-hybridized carbons (Fsp3) is 0.238. The number of nitrogens with zero attached hydrogens (tertiary/aromatic N) is 1. The van der Waals surface area contributed by atoms with Gasteiger partial charge in [0, 0.05) is 12.1 Å². The van der Waals surface area contributed by atoms with E-state index in [2.05, 4.69) is 0 Å². The molecule has 6 heteroatoms. The van der Waals surface area contributed by atoms with Gasteiger partial charge in [0.1, 0.15) is 11.6 Å². The molecule has 3 rings (SSSR count). The number of aliphatic hydroxyl groups excluding tert-OH is 2. The van der Waals surface area contributed by atoms with E-state index >= 15 is 0 Å². The fourth-order valence-electron chi connectivity index (χ4n) is 3.26. The third-order valence-electron chi connectivity index (χ3n) is 4.70. The zero-order chi connectivity index (χ0) is 19.6. The highest BCUT2D eigenvalue weighted by Crippen LogP contribution is 2.39. The molecular weight excluding hydrogens is 349 g/mol. The number of Topliss-reactive ketones (excluding diaryl/α,β-unsaturated/α-hetero) is 1. The molecule has 0 aromatic heterocycles. The van der Waals surface area contributed by atoms with E-state index in [1.165, 1.54) is 29.2 Å². The Kier molecular flexibility index (Phi) is 5.37. The third-order valence-corrected chi connectivity index (χ3v) is 4.70. The summed E-state index contributed by atoms with van der Waals surface area (Å²) < 4.78 is 13.2. The lowest BCUT2D eigenvalue weighted by molar-refractivity contribution is -0.140. The first kappa shape index (κ1) is 18.8. The minimum atomic E-state index is -0.824. The van der Waals surface area contributed by atoms with Gasteiger partial charge in [-0.2, -0.15) is 0 Å². The Balaban J connectivity index is 2.15. The number of amides is 1. The van der Waals surface area contributed by atoms with Gasteiger partial charge >= 0.3 is 0 Å². The van der Waals surface area contributed by atoms with Crippen LogP contribution in [0.2, 0.25) is 0 Å². The quantitative estimate of drug-likeness (QED) is 0.483. The summed E-state index contributed by atoms with van der Waals surface area (Å²) >= 11 is 0. The topological polar surface area (TPSA) is 77.8 Å². The van der Waals surface area contributed by atoms with Crippen LogP contribution in [0.4, 0.5) is 4.39 Å². The number of hydrogen-bond acceptors (Lipinski definition) is 4. The minimum Gasteiger partial charge on any atom is -0.507 e. The van der Waals surface area contributed by atoms with Gasteiger partial charge in [-0.25, -0.2) is 4.39 Å². The molecule has 0 bridgehead atoms. The van der Waals surface area contributed by atoms with Gasteiger partial charge in [-0.05, 0) is 41.8 Å². The van der Waals surface area contributed by atoms with Crippen LogP contribution < -0.4 is 0 Å². The highest BCUT2D eigenvalue weighted by molar-refractivity contribution is 6.46. The van der Waals surface area contributed by atoms with Crippen LogP contribution in [-0.4, -0.2) is 40.0 Å². The van der Waals surface area contributed by atoms with Crippen LogP contribution in [0.5, 0.6) is 0 Å². The van der Waals surface area contributed by atoms with Crippen molar-refractivity contribution in [3.05, 3.63) is 76.6 Å². The van der Waals surface area contributed by atoms with Crippen LogP contribution in [0.3, 0.4) is 0 Å². The van der Waals surface area contributed by atoms with E-state index < -0.39 is 23.5 Å². The summed E-state index contributed by atoms with van der Waals surface area (Å²) in [5.74, 6) is -2.44. The Morgan fingerprint density at radius 3 is 2.26 bits per heavy atom. The van der Waals surface area contributed by atoms with Gasteiger partial charge in [0.25, 0.3) is 11.7 Å². The standard InChI is InChI=1S/C21H20FNO4/c1-2-13-3-5-14(6-4-13)18-17(20(26)21(27)23(18)11-12-24)19(25)15-7-9-16(22)10-8-15/h3-10,18,24-25H,2,11-12H2,1H3/b19-17-. The van der Waals surface area contributed by atoms with Crippen molar-refractivity contribution in [3.8, 4) is 0 Å². The number of β-amino-alcohol motifs (C(OH)–C–C–N with tert-alkyl or cyclic N) is 1. The van der Waals surface area contributed by atoms with Gasteiger partial charge in [0.15, 0.2) is 0 Å². The summed E-state index contributed by atoms with van der Waals surface area (Å²) in [5.41, 5.74) is 1.93. The van der Waals surface area contributed by atoms with E-state index in [1.54, 1.807) is 12.1 Å². The molecule has 140 valence electrons. The Morgan fingerprint density at radius 1 is 1.07 bits per heavy atom. The van der Waals surface area contributed by atoms with Crippen molar-refractivity contribution < 1.29 is 24.2 Å². The molecule has 1 saturated heterocycles. The van der Waals surface area contributed by atoms with Crippen molar-refractivity contribution in [1.29, 1.82) is 0 Å². The maximum atomic E-state index is 13.2. The molecule has 1 fully saturated rings. The number of halogens is 1. The van der Waals surface area contributed by atoms with Crippen molar-refractivity contribution in [3.63, 3.8) is 0 Å². The molecule has 0 saturated carbocycles. The normalized spacial score (nSPS) is 18.9. The van der Waals surface area contributed by atoms with E-state index in [4.69, 9.17) is 0 Å². The second-order valence-corrected chi connectivity index (χ2v) is 6.32. The first-order valence-corrected chi connectivity index (χ1v) is 8.72. The Labute approximate surface area is 156 Å². The SMILES string of the molecule is CCc1ccc(C2/C(=C(/O)c3ccc(F)cc3)C(=O)C(=O)N2CCO)cc1. The average Bonchev–Trinajstić information content (AvgIpc) is 2.93. The average molecular weight is 369 g/mol. The van der Waals surface area contributed by atoms with Gasteiger partial charge in [0.05, 0.1) is 18.2 Å². The molecule has 0 radical (unpaired) electrons. The lowest BCUT2D eigenvalue weighted by atomic mass is 9.94. The number of aliphatic hydroxyl groups is 2. The first-order valence-electron chi connectivity index (χ1n) is 8.72. The summed E-state index contributed by atoms with van der Waals surface area (Å²) in [6.07, 6.45) is 0.840. The predicted molar refractivity (Wildman–Crippen MR) is 98.3 cm³/mol. The van der Waals surface area contributed by atoms with Crippen LogP contribution >= 0.6 is 0 Å².